The molecule has 1 atom stereocenters. The van der Waals surface area contributed by atoms with Crippen molar-refractivity contribution in [3.8, 4) is 0 Å². The van der Waals surface area contributed by atoms with E-state index in [0.717, 1.165) is 12.0 Å². The number of ether oxygens (including phenoxy) is 1. The van der Waals surface area contributed by atoms with Crippen LogP contribution in [0.3, 0.4) is 0 Å². The van der Waals surface area contributed by atoms with Gasteiger partial charge in [-0.2, -0.15) is 0 Å². The molecule has 0 aliphatic carbocycles. The lowest BCUT2D eigenvalue weighted by atomic mass is 10.1. The van der Waals surface area contributed by atoms with Gasteiger partial charge in [-0.3, -0.25) is 4.79 Å². The van der Waals surface area contributed by atoms with Gasteiger partial charge in [0.05, 0.1) is 17.3 Å². The molecule has 130 valence electrons. The fraction of sp³-hybridized carbons (Fsp3) is 0.250. The summed E-state index contributed by atoms with van der Waals surface area (Å²) in [6, 6.07) is 16.1. The maximum atomic E-state index is 12.2. The SMILES string of the molecule is C[C@@H](NCc1ccc(Cl)c(NC(=O)C2=CCCO2)c1)c1ccccc1. The summed E-state index contributed by atoms with van der Waals surface area (Å²) in [5.74, 6) is 0.0967. The van der Waals surface area contributed by atoms with Crippen LogP contribution in [0.1, 0.15) is 30.5 Å². The van der Waals surface area contributed by atoms with Crippen LogP contribution < -0.4 is 10.6 Å². The summed E-state index contributed by atoms with van der Waals surface area (Å²) in [6.07, 6.45) is 2.55. The van der Waals surface area contributed by atoms with Gasteiger partial charge >= 0.3 is 0 Å². The van der Waals surface area contributed by atoms with Gasteiger partial charge in [0, 0.05) is 19.0 Å². The standard InChI is InChI=1S/C20H21ClN2O2/c1-14(16-6-3-2-4-7-16)22-13-15-9-10-17(21)18(12-15)23-20(24)19-8-5-11-25-19/h2-4,6-10,12,14,22H,5,11,13H2,1H3,(H,23,24)/t14-/m1/s1. The number of amides is 1. The number of halogens is 1. The number of carbonyl (C=O) groups excluding carboxylic acids is 1. The van der Waals surface area contributed by atoms with Crippen LogP contribution in [0.4, 0.5) is 5.69 Å². The summed E-state index contributed by atoms with van der Waals surface area (Å²) < 4.78 is 5.28. The van der Waals surface area contributed by atoms with Crippen molar-refractivity contribution >= 4 is 23.2 Å². The largest absolute Gasteiger partial charge is 0.488 e. The van der Waals surface area contributed by atoms with Crippen molar-refractivity contribution in [2.75, 3.05) is 11.9 Å². The van der Waals surface area contributed by atoms with Crippen molar-refractivity contribution in [1.29, 1.82) is 0 Å². The zero-order valence-corrected chi connectivity index (χ0v) is 14.8. The van der Waals surface area contributed by atoms with Crippen LogP contribution in [-0.2, 0) is 16.1 Å². The molecule has 1 aliphatic heterocycles. The third kappa shape index (κ3) is 4.62. The molecule has 5 heteroatoms. The fourth-order valence-corrected chi connectivity index (χ4v) is 2.83. The molecule has 3 rings (SSSR count). The molecule has 0 unspecified atom stereocenters. The number of hydrogen-bond acceptors (Lipinski definition) is 3. The first-order valence-corrected chi connectivity index (χ1v) is 8.72. The van der Waals surface area contributed by atoms with E-state index in [1.54, 1.807) is 12.1 Å². The Balaban J connectivity index is 1.64. The van der Waals surface area contributed by atoms with Crippen LogP contribution in [0.2, 0.25) is 5.02 Å². The van der Waals surface area contributed by atoms with Crippen molar-refractivity contribution in [2.45, 2.75) is 25.9 Å². The number of carbonyl (C=O) groups is 1. The van der Waals surface area contributed by atoms with E-state index in [1.807, 2.05) is 30.3 Å². The van der Waals surface area contributed by atoms with Crippen molar-refractivity contribution in [1.82, 2.24) is 5.32 Å². The summed E-state index contributed by atoms with van der Waals surface area (Å²) in [5, 5.41) is 6.80. The fourth-order valence-electron chi connectivity index (χ4n) is 2.67. The van der Waals surface area contributed by atoms with Crippen molar-refractivity contribution in [2.24, 2.45) is 0 Å². The molecule has 0 saturated carbocycles. The molecule has 0 radical (unpaired) electrons. The molecule has 2 aromatic carbocycles. The van der Waals surface area contributed by atoms with E-state index >= 15 is 0 Å². The summed E-state index contributed by atoms with van der Waals surface area (Å²) in [7, 11) is 0. The smallest absolute Gasteiger partial charge is 0.290 e. The van der Waals surface area contributed by atoms with Crippen LogP contribution in [0, 0.1) is 0 Å². The highest BCUT2D eigenvalue weighted by Crippen LogP contribution is 2.25. The third-order valence-corrected chi connectivity index (χ3v) is 4.45. The highest BCUT2D eigenvalue weighted by Gasteiger charge is 2.16. The first kappa shape index (κ1) is 17.5. The molecule has 4 nitrogen and oxygen atoms in total. The van der Waals surface area contributed by atoms with E-state index < -0.39 is 0 Å². The molecule has 1 heterocycles. The third-order valence-electron chi connectivity index (χ3n) is 4.12. The van der Waals surface area contributed by atoms with E-state index in [-0.39, 0.29) is 11.9 Å². The van der Waals surface area contributed by atoms with Crippen molar-refractivity contribution in [3.63, 3.8) is 0 Å². The lowest BCUT2D eigenvalue weighted by molar-refractivity contribution is -0.115. The number of rotatable bonds is 6. The van der Waals surface area contributed by atoms with Gasteiger partial charge in [-0.15, -0.1) is 0 Å². The molecule has 0 fully saturated rings. The maximum absolute atomic E-state index is 12.2. The van der Waals surface area contributed by atoms with E-state index in [4.69, 9.17) is 16.3 Å². The molecule has 0 aromatic heterocycles. The Morgan fingerprint density at radius 2 is 2.04 bits per heavy atom. The number of benzene rings is 2. The summed E-state index contributed by atoms with van der Waals surface area (Å²) in [4.78, 5) is 12.2. The average molecular weight is 357 g/mol. The van der Waals surface area contributed by atoms with Gasteiger partial charge in [0.1, 0.15) is 0 Å². The number of nitrogens with one attached hydrogen (secondary N) is 2. The Labute approximate surface area is 152 Å². The van der Waals surface area contributed by atoms with Gasteiger partial charge in [-0.1, -0.05) is 48.0 Å². The van der Waals surface area contributed by atoms with Gasteiger partial charge in [0.25, 0.3) is 5.91 Å². The highest BCUT2D eigenvalue weighted by atomic mass is 35.5. The Hall–Kier alpha value is -2.30. The maximum Gasteiger partial charge on any atom is 0.290 e. The Bertz CT molecular complexity index is 775. The predicted octanol–water partition coefficient (Wildman–Crippen LogP) is 4.43. The summed E-state index contributed by atoms with van der Waals surface area (Å²) in [6.45, 7) is 3.35. The van der Waals surface area contributed by atoms with Crippen molar-refractivity contribution in [3.05, 3.63) is 76.5 Å². The zero-order valence-electron chi connectivity index (χ0n) is 14.1. The van der Waals surface area contributed by atoms with Gasteiger partial charge in [-0.05, 0) is 36.3 Å². The normalized spacial score (nSPS) is 14.6. The average Bonchev–Trinajstić information content (AvgIpc) is 3.17. The van der Waals surface area contributed by atoms with Crippen LogP contribution >= 0.6 is 11.6 Å². The van der Waals surface area contributed by atoms with Gasteiger partial charge in [0.2, 0.25) is 0 Å². The second-order valence-corrected chi connectivity index (χ2v) is 6.39. The van der Waals surface area contributed by atoms with Crippen LogP contribution in [0.5, 0.6) is 0 Å². The van der Waals surface area contributed by atoms with Crippen molar-refractivity contribution < 1.29 is 9.53 Å². The minimum atomic E-state index is -0.262. The predicted molar refractivity (Wildman–Crippen MR) is 100 cm³/mol. The molecular weight excluding hydrogens is 336 g/mol. The van der Waals surface area contributed by atoms with E-state index in [2.05, 4.69) is 29.7 Å². The van der Waals surface area contributed by atoms with Crippen LogP contribution in [-0.4, -0.2) is 12.5 Å². The Morgan fingerprint density at radius 1 is 1.24 bits per heavy atom. The number of anilines is 1. The summed E-state index contributed by atoms with van der Waals surface area (Å²) in [5.41, 5.74) is 2.87. The molecule has 2 aromatic rings. The number of hydrogen-bond donors (Lipinski definition) is 2. The Morgan fingerprint density at radius 3 is 2.76 bits per heavy atom. The van der Waals surface area contributed by atoms with Crippen LogP contribution in [0.25, 0.3) is 0 Å². The first-order chi connectivity index (χ1) is 12.1. The molecule has 0 saturated heterocycles. The lowest BCUT2D eigenvalue weighted by Gasteiger charge is -2.15. The molecule has 0 spiro atoms. The molecular formula is C20H21ClN2O2. The van der Waals surface area contributed by atoms with Gasteiger partial charge in [0.15, 0.2) is 5.76 Å². The first-order valence-electron chi connectivity index (χ1n) is 8.34. The molecule has 25 heavy (non-hydrogen) atoms. The van der Waals surface area contributed by atoms with E-state index in [9.17, 15) is 4.79 Å². The van der Waals surface area contributed by atoms with Crippen LogP contribution in [0.15, 0.2) is 60.4 Å². The van der Waals surface area contributed by atoms with Gasteiger partial charge in [-0.25, -0.2) is 0 Å². The topological polar surface area (TPSA) is 50.4 Å². The van der Waals surface area contributed by atoms with Gasteiger partial charge < -0.3 is 15.4 Å². The second-order valence-electron chi connectivity index (χ2n) is 5.99. The second kappa shape index (κ2) is 8.19. The molecule has 0 bridgehead atoms. The molecule has 1 amide bonds. The monoisotopic (exact) mass is 356 g/mol. The minimum Gasteiger partial charge on any atom is -0.488 e. The van der Waals surface area contributed by atoms with E-state index in [1.165, 1.54) is 5.56 Å². The molecule has 1 aliphatic rings. The molecule has 2 N–H and O–H groups in total. The Kier molecular flexibility index (Phi) is 5.74. The quantitative estimate of drug-likeness (QED) is 0.804. The zero-order chi connectivity index (χ0) is 17.6. The summed E-state index contributed by atoms with van der Waals surface area (Å²) >= 11 is 6.21. The highest BCUT2D eigenvalue weighted by molar-refractivity contribution is 6.33. The minimum absolute atomic E-state index is 0.229. The van der Waals surface area contributed by atoms with E-state index in [0.29, 0.717) is 29.6 Å². The lowest BCUT2D eigenvalue weighted by Crippen LogP contribution is -2.18.